The molecule has 1 fully saturated rings. The van der Waals surface area contributed by atoms with Crippen LogP contribution in [0.4, 0.5) is 0 Å². The number of benzene rings is 1. The molecule has 1 aliphatic heterocycles. The van der Waals surface area contributed by atoms with Gasteiger partial charge in [-0.2, -0.15) is 0 Å². The third-order valence-electron chi connectivity index (χ3n) is 3.53. The molecule has 0 aromatic heterocycles. The van der Waals surface area contributed by atoms with Crippen LogP contribution in [-0.4, -0.2) is 19.3 Å². The number of hydrogen-bond acceptors (Lipinski definition) is 3. The maximum Gasteiger partial charge on any atom is 0.0469 e. The molecular formula is C13H18Cl2N2O. The second-order valence-corrected chi connectivity index (χ2v) is 5.44. The number of halogens is 2. The SMILES string of the molecule is NNC(Cc1c(Cl)cccc1Cl)C1CCOCC1. The smallest absolute Gasteiger partial charge is 0.0469 e. The van der Waals surface area contributed by atoms with E-state index in [1.165, 1.54) is 0 Å². The summed E-state index contributed by atoms with van der Waals surface area (Å²) in [5.41, 5.74) is 3.87. The highest BCUT2D eigenvalue weighted by molar-refractivity contribution is 6.36. The number of ether oxygens (including phenoxy) is 1. The highest BCUT2D eigenvalue weighted by Crippen LogP contribution is 2.28. The van der Waals surface area contributed by atoms with Crippen LogP contribution < -0.4 is 11.3 Å². The summed E-state index contributed by atoms with van der Waals surface area (Å²) in [6, 6.07) is 5.76. The van der Waals surface area contributed by atoms with E-state index in [1.807, 2.05) is 18.2 Å². The van der Waals surface area contributed by atoms with Gasteiger partial charge in [-0.05, 0) is 42.9 Å². The molecule has 0 bridgehead atoms. The summed E-state index contributed by atoms with van der Waals surface area (Å²) >= 11 is 12.4. The fourth-order valence-corrected chi connectivity index (χ4v) is 2.98. The Kier molecular flexibility index (Phi) is 5.27. The molecule has 100 valence electrons. The van der Waals surface area contributed by atoms with Crippen LogP contribution in [0.25, 0.3) is 0 Å². The summed E-state index contributed by atoms with van der Waals surface area (Å²) in [4.78, 5) is 0. The van der Waals surface area contributed by atoms with Gasteiger partial charge in [0.1, 0.15) is 0 Å². The maximum atomic E-state index is 6.19. The minimum Gasteiger partial charge on any atom is -0.381 e. The average Bonchev–Trinajstić information content (AvgIpc) is 2.40. The second-order valence-electron chi connectivity index (χ2n) is 4.63. The second kappa shape index (κ2) is 6.73. The van der Waals surface area contributed by atoms with Crippen LogP contribution in [0.3, 0.4) is 0 Å². The van der Waals surface area contributed by atoms with Crippen LogP contribution >= 0.6 is 23.2 Å². The van der Waals surface area contributed by atoms with E-state index in [0.717, 1.165) is 38.0 Å². The van der Waals surface area contributed by atoms with Crippen LogP contribution in [0.2, 0.25) is 10.0 Å². The molecule has 0 radical (unpaired) electrons. The minimum absolute atomic E-state index is 0.186. The molecule has 0 aliphatic carbocycles. The van der Waals surface area contributed by atoms with E-state index in [9.17, 15) is 0 Å². The van der Waals surface area contributed by atoms with Crippen molar-refractivity contribution in [2.45, 2.75) is 25.3 Å². The zero-order valence-electron chi connectivity index (χ0n) is 10.2. The highest BCUT2D eigenvalue weighted by atomic mass is 35.5. The van der Waals surface area contributed by atoms with Crippen molar-refractivity contribution in [3.8, 4) is 0 Å². The lowest BCUT2D eigenvalue weighted by molar-refractivity contribution is 0.0538. The molecule has 5 heteroatoms. The van der Waals surface area contributed by atoms with E-state index < -0.39 is 0 Å². The quantitative estimate of drug-likeness (QED) is 0.662. The van der Waals surface area contributed by atoms with E-state index in [4.69, 9.17) is 33.8 Å². The van der Waals surface area contributed by atoms with Gasteiger partial charge in [0.15, 0.2) is 0 Å². The first-order valence-corrected chi connectivity index (χ1v) is 6.94. The fraction of sp³-hybridized carbons (Fsp3) is 0.538. The van der Waals surface area contributed by atoms with Gasteiger partial charge >= 0.3 is 0 Å². The topological polar surface area (TPSA) is 47.3 Å². The molecule has 3 nitrogen and oxygen atoms in total. The lowest BCUT2D eigenvalue weighted by Gasteiger charge is -2.30. The summed E-state index contributed by atoms with van der Waals surface area (Å²) in [6.45, 7) is 1.61. The van der Waals surface area contributed by atoms with Crippen LogP contribution in [0.1, 0.15) is 18.4 Å². The van der Waals surface area contributed by atoms with Gasteiger partial charge in [0.25, 0.3) is 0 Å². The minimum atomic E-state index is 0.186. The molecule has 1 aromatic rings. The Morgan fingerprint density at radius 2 is 1.89 bits per heavy atom. The molecule has 1 atom stereocenters. The molecule has 1 aliphatic rings. The first-order chi connectivity index (χ1) is 8.72. The molecule has 18 heavy (non-hydrogen) atoms. The Hall–Kier alpha value is -0.320. The van der Waals surface area contributed by atoms with Crippen molar-refractivity contribution in [1.29, 1.82) is 0 Å². The van der Waals surface area contributed by atoms with Crippen LogP contribution in [0.5, 0.6) is 0 Å². The van der Waals surface area contributed by atoms with Gasteiger partial charge in [0, 0.05) is 29.3 Å². The van der Waals surface area contributed by atoms with Crippen molar-refractivity contribution < 1.29 is 4.74 Å². The van der Waals surface area contributed by atoms with Crippen LogP contribution in [0.15, 0.2) is 18.2 Å². The van der Waals surface area contributed by atoms with Gasteiger partial charge < -0.3 is 4.74 Å². The van der Waals surface area contributed by atoms with Crippen molar-refractivity contribution in [2.24, 2.45) is 11.8 Å². The van der Waals surface area contributed by atoms with E-state index in [2.05, 4.69) is 5.43 Å². The van der Waals surface area contributed by atoms with Crippen molar-refractivity contribution in [3.05, 3.63) is 33.8 Å². The van der Waals surface area contributed by atoms with Crippen molar-refractivity contribution in [1.82, 2.24) is 5.43 Å². The highest BCUT2D eigenvalue weighted by Gasteiger charge is 2.24. The fourth-order valence-electron chi connectivity index (χ4n) is 2.43. The third-order valence-corrected chi connectivity index (χ3v) is 4.24. The monoisotopic (exact) mass is 288 g/mol. The molecule has 2 rings (SSSR count). The number of nitrogens with two attached hydrogens (primary N) is 1. The molecular weight excluding hydrogens is 271 g/mol. The molecule has 1 unspecified atom stereocenters. The third kappa shape index (κ3) is 3.37. The zero-order chi connectivity index (χ0) is 13.0. The Labute approximate surface area is 118 Å². The normalized spacial score (nSPS) is 18.8. The van der Waals surface area contributed by atoms with Crippen molar-refractivity contribution in [3.63, 3.8) is 0 Å². The summed E-state index contributed by atoms with van der Waals surface area (Å²) in [5.74, 6) is 6.18. The van der Waals surface area contributed by atoms with Crippen LogP contribution in [0, 0.1) is 5.92 Å². The Morgan fingerprint density at radius 3 is 2.44 bits per heavy atom. The Morgan fingerprint density at radius 1 is 1.28 bits per heavy atom. The van der Waals surface area contributed by atoms with Gasteiger partial charge in [-0.25, -0.2) is 0 Å². The standard InChI is InChI=1S/C13H18Cl2N2O/c14-11-2-1-3-12(15)10(11)8-13(17-16)9-4-6-18-7-5-9/h1-3,9,13,17H,4-8,16H2. The molecule has 0 spiro atoms. The lowest BCUT2D eigenvalue weighted by Crippen LogP contribution is -2.44. The number of hydrazine groups is 1. The molecule has 1 heterocycles. The predicted molar refractivity (Wildman–Crippen MR) is 74.8 cm³/mol. The van der Waals surface area contributed by atoms with E-state index >= 15 is 0 Å². The Bertz CT molecular complexity index is 374. The predicted octanol–water partition coefficient (Wildman–Crippen LogP) is 2.79. The summed E-state index contributed by atoms with van der Waals surface area (Å²) < 4.78 is 5.37. The summed E-state index contributed by atoms with van der Waals surface area (Å²) in [7, 11) is 0. The molecule has 3 N–H and O–H groups in total. The zero-order valence-corrected chi connectivity index (χ0v) is 11.7. The van der Waals surface area contributed by atoms with Gasteiger partial charge in [-0.15, -0.1) is 0 Å². The number of hydrogen-bond donors (Lipinski definition) is 2. The van der Waals surface area contributed by atoms with Gasteiger partial charge in [-0.1, -0.05) is 29.3 Å². The summed E-state index contributed by atoms with van der Waals surface area (Å²) in [5, 5.41) is 1.41. The first-order valence-electron chi connectivity index (χ1n) is 6.19. The van der Waals surface area contributed by atoms with E-state index in [1.54, 1.807) is 0 Å². The molecule has 1 saturated heterocycles. The van der Waals surface area contributed by atoms with E-state index in [-0.39, 0.29) is 6.04 Å². The largest absolute Gasteiger partial charge is 0.381 e. The van der Waals surface area contributed by atoms with Gasteiger partial charge in [-0.3, -0.25) is 11.3 Å². The van der Waals surface area contributed by atoms with Gasteiger partial charge in [0.05, 0.1) is 0 Å². The molecule has 0 saturated carbocycles. The maximum absolute atomic E-state index is 6.19. The summed E-state index contributed by atoms with van der Waals surface area (Å²) in [6.07, 6.45) is 2.80. The van der Waals surface area contributed by atoms with Gasteiger partial charge in [0.2, 0.25) is 0 Å². The Balaban J connectivity index is 2.09. The lowest BCUT2D eigenvalue weighted by atomic mass is 9.88. The average molecular weight is 289 g/mol. The number of nitrogens with one attached hydrogen (secondary N) is 1. The first kappa shape index (κ1) is 14.1. The van der Waals surface area contributed by atoms with Crippen LogP contribution in [-0.2, 0) is 11.2 Å². The molecule has 1 aromatic carbocycles. The van der Waals surface area contributed by atoms with E-state index in [0.29, 0.717) is 16.0 Å². The van der Waals surface area contributed by atoms with Crippen molar-refractivity contribution >= 4 is 23.2 Å². The van der Waals surface area contributed by atoms with Crippen molar-refractivity contribution in [2.75, 3.05) is 13.2 Å². The number of rotatable bonds is 4. The molecule has 0 amide bonds.